The molecule has 0 spiro atoms. The van der Waals surface area contributed by atoms with E-state index in [1.807, 2.05) is 0 Å². The van der Waals surface area contributed by atoms with Gasteiger partial charge in [-0.3, -0.25) is 14.4 Å². The first-order chi connectivity index (χ1) is 32.5. The van der Waals surface area contributed by atoms with Crippen LogP contribution in [0.5, 0.6) is 0 Å². The van der Waals surface area contributed by atoms with E-state index in [2.05, 4.69) is 106 Å². The van der Waals surface area contributed by atoms with Crippen molar-refractivity contribution in [2.24, 2.45) is 0 Å². The smallest absolute Gasteiger partial charge is 0.306 e. The van der Waals surface area contributed by atoms with E-state index in [0.717, 1.165) is 122 Å². The van der Waals surface area contributed by atoms with E-state index >= 15 is 0 Å². The second kappa shape index (κ2) is 54.2. The zero-order valence-electron chi connectivity index (χ0n) is 43.2. The van der Waals surface area contributed by atoms with Crippen LogP contribution >= 0.6 is 0 Å². The van der Waals surface area contributed by atoms with Gasteiger partial charge in [-0.25, -0.2) is 0 Å². The topological polar surface area (TPSA) is 78.9 Å². The maximum absolute atomic E-state index is 12.8. The Labute approximate surface area is 407 Å². The van der Waals surface area contributed by atoms with Crippen LogP contribution in [0.15, 0.2) is 85.1 Å². The number of carbonyl (C=O) groups excluding carboxylic acids is 3. The van der Waals surface area contributed by atoms with E-state index in [9.17, 15) is 14.4 Å². The van der Waals surface area contributed by atoms with Crippen molar-refractivity contribution in [3.8, 4) is 0 Å². The van der Waals surface area contributed by atoms with Gasteiger partial charge < -0.3 is 14.2 Å². The predicted molar refractivity (Wildman–Crippen MR) is 284 cm³/mol. The molecule has 0 aliphatic heterocycles. The van der Waals surface area contributed by atoms with Gasteiger partial charge in [0.2, 0.25) is 0 Å². The highest BCUT2D eigenvalue weighted by atomic mass is 16.6. The zero-order chi connectivity index (χ0) is 47.9. The van der Waals surface area contributed by atoms with Gasteiger partial charge in [0.25, 0.3) is 0 Å². The summed E-state index contributed by atoms with van der Waals surface area (Å²) in [6, 6.07) is 0. The fourth-order valence-electron chi connectivity index (χ4n) is 7.57. The minimum atomic E-state index is -0.790. The Balaban J connectivity index is 4.42. The Morgan fingerprint density at radius 2 is 0.591 bits per heavy atom. The molecule has 0 fully saturated rings. The second-order valence-corrected chi connectivity index (χ2v) is 18.1. The van der Waals surface area contributed by atoms with Crippen molar-refractivity contribution in [2.45, 2.75) is 264 Å². The number of esters is 3. The summed E-state index contributed by atoms with van der Waals surface area (Å²) in [5.74, 6) is -0.919. The third kappa shape index (κ3) is 51.6. The largest absolute Gasteiger partial charge is 0.462 e. The lowest BCUT2D eigenvalue weighted by atomic mass is 10.0. The maximum Gasteiger partial charge on any atom is 0.306 e. The van der Waals surface area contributed by atoms with Crippen LogP contribution in [0.25, 0.3) is 0 Å². The number of allylic oxidation sites excluding steroid dienone is 14. The molecule has 1 unspecified atom stereocenters. The van der Waals surface area contributed by atoms with E-state index in [-0.39, 0.29) is 31.1 Å². The molecule has 0 saturated heterocycles. The van der Waals surface area contributed by atoms with Gasteiger partial charge in [0.05, 0.1) is 0 Å². The summed E-state index contributed by atoms with van der Waals surface area (Å²) in [6.45, 7) is 6.39. The zero-order valence-corrected chi connectivity index (χ0v) is 43.2. The van der Waals surface area contributed by atoms with Gasteiger partial charge in [-0.05, 0) is 89.9 Å². The Kier molecular flexibility index (Phi) is 51.4. The van der Waals surface area contributed by atoms with E-state index in [0.29, 0.717) is 19.3 Å². The van der Waals surface area contributed by atoms with Gasteiger partial charge in [0.15, 0.2) is 6.10 Å². The number of unbranched alkanes of at least 4 members (excludes halogenated alkanes) is 24. The molecule has 0 saturated carbocycles. The third-order valence-electron chi connectivity index (χ3n) is 11.6. The van der Waals surface area contributed by atoms with Crippen molar-refractivity contribution < 1.29 is 28.6 Å². The maximum atomic E-state index is 12.8. The molecular weight excluding hydrogens is 817 g/mol. The van der Waals surface area contributed by atoms with Crippen molar-refractivity contribution in [2.75, 3.05) is 13.2 Å². The molecular formula is C60H102O6. The van der Waals surface area contributed by atoms with Crippen LogP contribution in [0.4, 0.5) is 0 Å². The van der Waals surface area contributed by atoms with Crippen LogP contribution in [0.3, 0.4) is 0 Å². The van der Waals surface area contributed by atoms with Crippen molar-refractivity contribution in [3.63, 3.8) is 0 Å². The summed E-state index contributed by atoms with van der Waals surface area (Å²) in [4.78, 5) is 38.1. The van der Waals surface area contributed by atoms with Crippen LogP contribution in [-0.2, 0) is 28.6 Å². The van der Waals surface area contributed by atoms with Crippen LogP contribution in [0.1, 0.15) is 258 Å². The van der Waals surface area contributed by atoms with Gasteiger partial charge in [-0.15, -0.1) is 0 Å². The predicted octanol–water partition coefficient (Wildman–Crippen LogP) is 18.4. The molecule has 0 aliphatic rings. The highest BCUT2D eigenvalue weighted by Gasteiger charge is 2.19. The number of hydrogen-bond donors (Lipinski definition) is 0. The van der Waals surface area contributed by atoms with E-state index in [1.54, 1.807) is 0 Å². The molecule has 0 bridgehead atoms. The normalized spacial score (nSPS) is 12.7. The molecule has 66 heavy (non-hydrogen) atoms. The number of ether oxygens (including phenoxy) is 3. The summed E-state index contributed by atoms with van der Waals surface area (Å²) < 4.78 is 16.8. The highest BCUT2D eigenvalue weighted by molar-refractivity contribution is 5.71. The summed E-state index contributed by atoms with van der Waals surface area (Å²) in [5.41, 5.74) is 0. The number of rotatable bonds is 49. The molecule has 1 atom stereocenters. The number of carbonyl (C=O) groups is 3. The lowest BCUT2D eigenvalue weighted by Crippen LogP contribution is -2.30. The van der Waals surface area contributed by atoms with E-state index in [4.69, 9.17) is 14.2 Å². The first-order valence-corrected chi connectivity index (χ1v) is 27.6. The van der Waals surface area contributed by atoms with Gasteiger partial charge in [0.1, 0.15) is 13.2 Å². The third-order valence-corrected chi connectivity index (χ3v) is 11.6. The Hall–Kier alpha value is -3.41. The van der Waals surface area contributed by atoms with Crippen molar-refractivity contribution in [3.05, 3.63) is 85.1 Å². The second-order valence-electron chi connectivity index (χ2n) is 18.1. The van der Waals surface area contributed by atoms with Crippen LogP contribution in [-0.4, -0.2) is 37.2 Å². The fourth-order valence-corrected chi connectivity index (χ4v) is 7.57. The minimum absolute atomic E-state index is 0.0901. The van der Waals surface area contributed by atoms with Gasteiger partial charge in [0, 0.05) is 19.3 Å². The summed E-state index contributed by atoms with van der Waals surface area (Å²) in [7, 11) is 0. The fraction of sp³-hybridized carbons (Fsp3) is 0.717. The molecule has 0 radical (unpaired) electrons. The van der Waals surface area contributed by atoms with Crippen molar-refractivity contribution in [1.82, 2.24) is 0 Å². The van der Waals surface area contributed by atoms with Crippen LogP contribution < -0.4 is 0 Å². The lowest BCUT2D eigenvalue weighted by molar-refractivity contribution is -0.167. The van der Waals surface area contributed by atoms with Gasteiger partial charge in [-0.2, -0.15) is 0 Å². The SMILES string of the molecule is CC/C=C\C/C=C\C/C=C\C/C=C\CCCCCCCCC(=O)OCC(COC(=O)CCCCCC/C=C\C/C=C\C/C=C\CC)OC(=O)CCCCCCCCCCCCCCCCC. The van der Waals surface area contributed by atoms with E-state index < -0.39 is 6.10 Å². The summed E-state index contributed by atoms with van der Waals surface area (Å²) >= 11 is 0. The Morgan fingerprint density at radius 1 is 0.318 bits per heavy atom. The van der Waals surface area contributed by atoms with Crippen LogP contribution in [0.2, 0.25) is 0 Å². The molecule has 0 rings (SSSR count). The number of hydrogen-bond acceptors (Lipinski definition) is 6. The highest BCUT2D eigenvalue weighted by Crippen LogP contribution is 2.15. The van der Waals surface area contributed by atoms with Gasteiger partial charge in [-0.1, -0.05) is 234 Å². The van der Waals surface area contributed by atoms with Crippen molar-refractivity contribution in [1.29, 1.82) is 0 Å². The molecule has 0 amide bonds. The molecule has 0 N–H and O–H groups in total. The molecule has 0 aromatic heterocycles. The average molecular weight is 919 g/mol. The molecule has 0 aliphatic carbocycles. The first-order valence-electron chi connectivity index (χ1n) is 27.6. The quantitative estimate of drug-likeness (QED) is 0.0262. The Bertz CT molecular complexity index is 1290. The molecule has 0 heterocycles. The average Bonchev–Trinajstić information content (AvgIpc) is 3.31. The van der Waals surface area contributed by atoms with Gasteiger partial charge >= 0.3 is 17.9 Å². The summed E-state index contributed by atoms with van der Waals surface area (Å²) in [6.07, 6.45) is 69.9. The standard InChI is InChI=1S/C60H102O6/c1-4-7-10-13-16-19-22-25-28-29-30-31-33-35-38-41-44-47-50-53-59(62)65-56-57(55-64-58(61)52-49-46-43-40-37-34-27-24-21-18-15-12-9-6-3)66-60(63)54-51-48-45-42-39-36-32-26-23-20-17-14-11-8-5-2/h7,9-10,12,16,18-19,21,25,27-28,30-31,34,57H,4-6,8,11,13-15,17,20,22-24,26,29,32-33,35-56H2,1-3H3/b10-7-,12-9-,19-16-,21-18-,28-25-,31-30-,34-27-. The lowest BCUT2D eigenvalue weighted by Gasteiger charge is -2.18. The Morgan fingerprint density at radius 3 is 0.924 bits per heavy atom. The van der Waals surface area contributed by atoms with E-state index in [1.165, 1.54) is 96.3 Å². The molecule has 6 nitrogen and oxygen atoms in total. The first kappa shape index (κ1) is 62.6. The molecule has 0 aromatic rings. The summed E-state index contributed by atoms with van der Waals surface area (Å²) in [5, 5.41) is 0. The molecule has 6 heteroatoms. The molecule has 0 aromatic carbocycles. The monoisotopic (exact) mass is 919 g/mol. The minimum Gasteiger partial charge on any atom is -0.462 e. The van der Waals surface area contributed by atoms with Crippen molar-refractivity contribution >= 4 is 17.9 Å². The van der Waals surface area contributed by atoms with Crippen LogP contribution in [0, 0.1) is 0 Å². The molecule has 378 valence electrons.